The van der Waals surface area contributed by atoms with Crippen LogP contribution in [0.5, 0.6) is 17.2 Å². The Morgan fingerprint density at radius 2 is 1.75 bits per heavy atom. The van der Waals surface area contributed by atoms with Crippen molar-refractivity contribution in [3.63, 3.8) is 0 Å². The first-order chi connectivity index (χ1) is 19.3. The number of aromatic hydroxyl groups is 1. The van der Waals surface area contributed by atoms with Crippen molar-refractivity contribution in [2.45, 2.75) is 18.4 Å². The highest BCUT2D eigenvalue weighted by atomic mass is 16.5. The van der Waals surface area contributed by atoms with Crippen LogP contribution < -0.4 is 20.5 Å². The first-order valence-corrected chi connectivity index (χ1v) is 13.0. The molecule has 2 aliphatic rings. The summed E-state index contributed by atoms with van der Waals surface area (Å²) in [6.07, 6.45) is 0.794. The molecule has 0 bridgehead atoms. The van der Waals surface area contributed by atoms with Gasteiger partial charge in [0.1, 0.15) is 5.84 Å². The SMILES string of the molecule is COc1cc(C2Nc3ccc(C(=N)N)cc3C3c4ccccc4CC23)c(-c2cccc(C(=O)O)c2)c(OC)c1O. The highest BCUT2D eigenvalue weighted by Crippen LogP contribution is 2.57. The molecular formula is C32H29N3O5. The van der Waals surface area contributed by atoms with Crippen molar-refractivity contribution in [3.8, 4) is 28.4 Å². The number of hydrogen-bond donors (Lipinski definition) is 5. The van der Waals surface area contributed by atoms with E-state index in [9.17, 15) is 15.0 Å². The van der Waals surface area contributed by atoms with Gasteiger partial charge in [-0.1, -0.05) is 36.4 Å². The summed E-state index contributed by atoms with van der Waals surface area (Å²) >= 11 is 0. The molecule has 0 radical (unpaired) electrons. The average molecular weight is 536 g/mol. The Kier molecular flexibility index (Phi) is 6.10. The minimum atomic E-state index is -1.04. The molecule has 0 aromatic heterocycles. The van der Waals surface area contributed by atoms with Crippen molar-refractivity contribution in [1.82, 2.24) is 0 Å². The van der Waals surface area contributed by atoms with Crippen LogP contribution in [0.15, 0.2) is 72.8 Å². The van der Waals surface area contributed by atoms with Crippen molar-refractivity contribution >= 4 is 17.5 Å². The van der Waals surface area contributed by atoms with Crippen LogP contribution in [0.4, 0.5) is 5.69 Å². The molecule has 1 heterocycles. The number of ether oxygens (including phenoxy) is 2. The number of phenols is 1. The maximum atomic E-state index is 11.8. The van der Waals surface area contributed by atoms with Gasteiger partial charge < -0.3 is 30.7 Å². The van der Waals surface area contributed by atoms with Crippen LogP contribution in [0.1, 0.15) is 50.1 Å². The summed E-state index contributed by atoms with van der Waals surface area (Å²) in [5.74, 6) is -0.620. The number of carboxylic acids is 1. The Hall–Kier alpha value is -4.98. The van der Waals surface area contributed by atoms with E-state index in [0.29, 0.717) is 16.7 Å². The van der Waals surface area contributed by atoms with Gasteiger partial charge in [-0.3, -0.25) is 5.41 Å². The van der Waals surface area contributed by atoms with Gasteiger partial charge >= 0.3 is 5.97 Å². The van der Waals surface area contributed by atoms with Crippen molar-refractivity contribution in [1.29, 1.82) is 5.41 Å². The Labute approximate surface area is 231 Å². The Morgan fingerprint density at radius 1 is 0.950 bits per heavy atom. The minimum Gasteiger partial charge on any atom is -0.502 e. The molecule has 0 saturated carbocycles. The summed E-state index contributed by atoms with van der Waals surface area (Å²) in [4.78, 5) is 11.8. The molecule has 202 valence electrons. The third kappa shape index (κ3) is 3.91. The van der Waals surface area contributed by atoms with Gasteiger partial charge in [0.15, 0.2) is 11.5 Å². The maximum absolute atomic E-state index is 11.8. The lowest BCUT2D eigenvalue weighted by Gasteiger charge is -2.39. The predicted molar refractivity (Wildman–Crippen MR) is 153 cm³/mol. The van der Waals surface area contributed by atoms with Crippen LogP contribution in [0, 0.1) is 11.3 Å². The number of methoxy groups -OCH3 is 2. The number of rotatable bonds is 6. The standard InChI is InChI=1S/C32H29N3O5/c1-39-25-15-23(26(30(40-2)29(25)36)17-7-5-8-19(12-17)32(37)38)28-22-13-16-6-3-4-9-20(16)27(22)21-14-18(31(33)34)10-11-24(21)35-28/h3-12,14-15,22,27-28,35-36H,13H2,1-2H3,(H3,33,34)(H,37,38). The summed E-state index contributed by atoms with van der Waals surface area (Å²) in [6, 6.07) is 22.4. The average Bonchev–Trinajstić information content (AvgIpc) is 3.36. The van der Waals surface area contributed by atoms with Gasteiger partial charge in [0.25, 0.3) is 0 Å². The first-order valence-electron chi connectivity index (χ1n) is 13.0. The monoisotopic (exact) mass is 535 g/mol. The van der Waals surface area contributed by atoms with Crippen LogP contribution >= 0.6 is 0 Å². The van der Waals surface area contributed by atoms with Crippen LogP contribution in [-0.4, -0.2) is 36.2 Å². The van der Waals surface area contributed by atoms with Gasteiger partial charge in [-0.05, 0) is 76.6 Å². The van der Waals surface area contributed by atoms with E-state index in [4.69, 9.17) is 20.6 Å². The van der Waals surface area contributed by atoms with Crippen molar-refractivity contribution in [3.05, 3.63) is 106 Å². The highest BCUT2D eigenvalue weighted by Gasteiger charge is 2.45. The largest absolute Gasteiger partial charge is 0.502 e. The zero-order valence-corrected chi connectivity index (χ0v) is 22.1. The molecule has 4 aromatic carbocycles. The minimum absolute atomic E-state index is 0.0151. The molecular weight excluding hydrogens is 506 g/mol. The van der Waals surface area contributed by atoms with Gasteiger partial charge in [-0.2, -0.15) is 0 Å². The van der Waals surface area contributed by atoms with E-state index in [1.54, 1.807) is 12.1 Å². The molecule has 1 aliphatic heterocycles. The third-order valence-electron chi connectivity index (χ3n) is 8.12. The molecule has 8 heteroatoms. The topological polar surface area (TPSA) is 138 Å². The smallest absolute Gasteiger partial charge is 0.335 e. The number of fused-ring (bicyclic) bond motifs is 5. The quantitative estimate of drug-likeness (QED) is 0.162. The number of nitrogens with two attached hydrogens (primary N) is 1. The molecule has 40 heavy (non-hydrogen) atoms. The lowest BCUT2D eigenvalue weighted by molar-refractivity contribution is 0.0697. The van der Waals surface area contributed by atoms with E-state index >= 15 is 0 Å². The summed E-state index contributed by atoms with van der Waals surface area (Å²) in [5, 5.41) is 32.5. The summed E-state index contributed by atoms with van der Waals surface area (Å²) in [5.41, 5.74) is 13.2. The van der Waals surface area contributed by atoms with E-state index in [1.165, 1.54) is 31.4 Å². The number of phenolic OH excluding ortho intramolecular Hbond substituents is 1. The number of aromatic carboxylic acids is 1. The zero-order chi connectivity index (χ0) is 28.1. The van der Waals surface area contributed by atoms with Crippen LogP contribution in [0.25, 0.3) is 11.1 Å². The van der Waals surface area contributed by atoms with Crippen LogP contribution in [0.3, 0.4) is 0 Å². The second-order valence-corrected chi connectivity index (χ2v) is 10.2. The second kappa shape index (κ2) is 9.64. The molecule has 0 spiro atoms. The molecule has 6 N–H and O–H groups in total. The number of carbonyl (C=O) groups is 1. The summed E-state index contributed by atoms with van der Waals surface area (Å²) in [7, 11) is 2.97. The van der Waals surface area contributed by atoms with E-state index in [1.807, 2.05) is 42.5 Å². The van der Waals surface area contributed by atoms with Crippen molar-refractivity contribution in [2.75, 3.05) is 19.5 Å². The van der Waals surface area contributed by atoms with E-state index in [0.717, 1.165) is 23.2 Å². The Balaban J connectivity index is 1.61. The lowest BCUT2D eigenvalue weighted by atomic mass is 9.74. The molecule has 8 nitrogen and oxygen atoms in total. The summed E-state index contributed by atoms with van der Waals surface area (Å²) < 4.78 is 11.3. The fraction of sp³-hybridized carbons (Fsp3) is 0.188. The number of anilines is 1. The van der Waals surface area contributed by atoms with Crippen molar-refractivity contribution in [2.24, 2.45) is 11.7 Å². The molecule has 1 aliphatic carbocycles. The molecule has 0 amide bonds. The van der Waals surface area contributed by atoms with Crippen LogP contribution in [0.2, 0.25) is 0 Å². The van der Waals surface area contributed by atoms with Gasteiger partial charge in [0.2, 0.25) is 5.75 Å². The molecule has 3 unspecified atom stereocenters. The number of nitrogens with one attached hydrogen (secondary N) is 2. The van der Waals surface area contributed by atoms with Gasteiger partial charge in [0, 0.05) is 22.7 Å². The normalized spacial score (nSPS) is 18.6. The van der Waals surface area contributed by atoms with Crippen LogP contribution in [-0.2, 0) is 6.42 Å². The molecule has 3 atom stereocenters. The maximum Gasteiger partial charge on any atom is 0.335 e. The predicted octanol–water partition coefficient (Wildman–Crippen LogP) is 5.53. The Bertz CT molecular complexity index is 1680. The highest BCUT2D eigenvalue weighted by molar-refractivity contribution is 5.96. The first kappa shape index (κ1) is 25.3. The van der Waals surface area contributed by atoms with E-state index in [-0.39, 0.29) is 46.5 Å². The number of nitrogen functional groups attached to an aromatic ring is 1. The number of hydrogen-bond acceptors (Lipinski definition) is 6. The number of carboxylic acid groups (broad SMARTS) is 1. The molecule has 0 saturated heterocycles. The molecule has 4 aromatic rings. The second-order valence-electron chi connectivity index (χ2n) is 10.2. The van der Waals surface area contributed by atoms with Gasteiger partial charge in [-0.25, -0.2) is 4.79 Å². The Morgan fingerprint density at radius 3 is 2.48 bits per heavy atom. The third-order valence-corrected chi connectivity index (χ3v) is 8.12. The van der Waals surface area contributed by atoms with Crippen molar-refractivity contribution < 1.29 is 24.5 Å². The van der Waals surface area contributed by atoms with Gasteiger partial charge in [-0.15, -0.1) is 0 Å². The zero-order valence-electron chi connectivity index (χ0n) is 22.1. The van der Waals surface area contributed by atoms with E-state index < -0.39 is 5.97 Å². The lowest BCUT2D eigenvalue weighted by Crippen LogP contribution is -2.31. The molecule has 0 fully saturated rings. The van der Waals surface area contributed by atoms with Gasteiger partial charge in [0.05, 0.1) is 25.8 Å². The number of benzene rings is 4. The number of amidine groups is 1. The van der Waals surface area contributed by atoms with E-state index in [2.05, 4.69) is 17.4 Å². The summed E-state index contributed by atoms with van der Waals surface area (Å²) in [6.45, 7) is 0. The fourth-order valence-corrected chi connectivity index (χ4v) is 6.38. The fourth-order valence-electron chi connectivity index (χ4n) is 6.38. The molecule has 6 rings (SSSR count).